The molecule has 0 aromatic heterocycles. The van der Waals surface area contributed by atoms with E-state index in [1.54, 1.807) is 23.1 Å². The highest BCUT2D eigenvalue weighted by atomic mass is 19.1. The highest BCUT2D eigenvalue weighted by Gasteiger charge is 2.28. The third-order valence-corrected chi connectivity index (χ3v) is 5.25. The van der Waals surface area contributed by atoms with Gasteiger partial charge in [-0.1, -0.05) is 30.3 Å². The minimum Gasteiger partial charge on any atom is -0.391 e. The number of Topliss-reactive ketones (excluding diaryl/α,β-unsaturated/α-hetero) is 1. The summed E-state index contributed by atoms with van der Waals surface area (Å²) >= 11 is 0. The van der Waals surface area contributed by atoms with Gasteiger partial charge in [0.25, 0.3) is 0 Å². The van der Waals surface area contributed by atoms with Crippen LogP contribution in [0.4, 0.5) is 14.9 Å². The topological polar surface area (TPSA) is 93.1 Å². The average molecular weight is 415 g/mol. The lowest BCUT2D eigenvalue weighted by molar-refractivity contribution is -0.125. The van der Waals surface area contributed by atoms with Gasteiger partial charge in [0.15, 0.2) is 5.78 Å². The zero-order chi connectivity index (χ0) is 21.7. The molecule has 7 nitrogen and oxygen atoms in total. The van der Waals surface area contributed by atoms with Gasteiger partial charge in [-0.2, -0.15) is 0 Å². The van der Waals surface area contributed by atoms with Crippen LogP contribution < -0.4 is 10.2 Å². The molecular formula is C22H26FN3O4. The third-order valence-electron chi connectivity index (χ3n) is 5.25. The molecular weight excluding hydrogens is 389 g/mol. The molecule has 1 aliphatic rings. The molecule has 2 amide bonds. The predicted octanol–water partition coefficient (Wildman–Crippen LogP) is 1.64. The van der Waals surface area contributed by atoms with E-state index < -0.39 is 30.6 Å². The number of carbonyl (C=O) groups excluding carboxylic acids is 2. The summed E-state index contributed by atoms with van der Waals surface area (Å²) in [7, 11) is 0. The quantitative estimate of drug-likeness (QED) is 0.667. The first-order valence-electron chi connectivity index (χ1n) is 9.87. The Balaban J connectivity index is 1.58. The second-order valence-corrected chi connectivity index (χ2v) is 7.29. The van der Waals surface area contributed by atoms with Crippen molar-refractivity contribution in [3.63, 3.8) is 0 Å². The molecule has 0 aliphatic carbocycles. The Hall–Kier alpha value is -2.97. The number of nitrogens with zero attached hydrogens (tertiary/aromatic N) is 2. The molecule has 0 bridgehead atoms. The Morgan fingerprint density at radius 2 is 1.70 bits per heavy atom. The second-order valence-electron chi connectivity index (χ2n) is 7.29. The largest absolute Gasteiger partial charge is 0.391 e. The van der Waals surface area contributed by atoms with Gasteiger partial charge in [0.1, 0.15) is 18.5 Å². The number of halogens is 1. The van der Waals surface area contributed by atoms with Crippen LogP contribution in [0.25, 0.3) is 11.1 Å². The van der Waals surface area contributed by atoms with Gasteiger partial charge in [-0.25, -0.2) is 9.18 Å². The minimum absolute atomic E-state index is 0.264. The lowest BCUT2D eigenvalue weighted by Crippen LogP contribution is -2.57. The number of benzene rings is 2. The number of aliphatic hydroxyl groups excluding tert-OH is 2. The van der Waals surface area contributed by atoms with Crippen LogP contribution in [-0.2, 0) is 4.79 Å². The molecule has 0 radical (unpaired) electrons. The maximum absolute atomic E-state index is 14.0. The van der Waals surface area contributed by atoms with Crippen LogP contribution in [0.15, 0.2) is 48.5 Å². The van der Waals surface area contributed by atoms with E-state index in [2.05, 4.69) is 10.2 Å². The monoisotopic (exact) mass is 415 g/mol. The van der Waals surface area contributed by atoms with Crippen LogP contribution in [0.5, 0.6) is 0 Å². The molecule has 160 valence electrons. The Kier molecular flexibility index (Phi) is 7.02. The SMILES string of the molecule is C[C@H](O)[C@@H](NC(=O)N1CCN(c2ccc(-c3ccccc3F)cc2)CC1)C(=O)CO. The van der Waals surface area contributed by atoms with E-state index in [1.807, 2.05) is 24.3 Å². The maximum Gasteiger partial charge on any atom is 0.318 e. The van der Waals surface area contributed by atoms with E-state index in [1.165, 1.54) is 13.0 Å². The standard InChI is InChI=1S/C22H26FN3O4/c1-15(28)21(20(29)14-27)24-22(30)26-12-10-25(11-13-26)17-8-6-16(7-9-17)18-4-2-3-5-19(18)23/h2-9,15,21,27-28H,10-14H2,1H3,(H,24,30)/t15-,21+/m0/s1. The zero-order valence-corrected chi connectivity index (χ0v) is 16.8. The Bertz CT molecular complexity index is 880. The van der Waals surface area contributed by atoms with E-state index in [0.29, 0.717) is 31.7 Å². The number of aliphatic hydroxyl groups is 2. The van der Waals surface area contributed by atoms with Crippen molar-refractivity contribution in [1.82, 2.24) is 10.2 Å². The van der Waals surface area contributed by atoms with Crippen molar-refractivity contribution >= 4 is 17.5 Å². The molecule has 1 aliphatic heterocycles. The van der Waals surface area contributed by atoms with Crippen molar-refractivity contribution in [2.75, 3.05) is 37.7 Å². The first kappa shape index (κ1) is 21.7. The van der Waals surface area contributed by atoms with Crippen LogP contribution in [0.2, 0.25) is 0 Å². The van der Waals surface area contributed by atoms with Gasteiger partial charge in [-0.3, -0.25) is 4.79 Å². The summed E-state index contributed by atoms with van der Waals surface area (Å²) in [6.45, 7) is 2.73. The number of hydrogen-bond acceptors (Lipinski definition) is 5. The van der Waals surface area contributed by atoms with Crippen LogP contribution in [0, 0.1) is 5.82 Å². The Morgan fingerprint density at radius 3 is 2.27 bits per heavy atom. The molecule has 30 heavy (non-hydrogen) atoms. The van der Waals surface area contributed by atoms with Crippen molar-refractivity contribution in [3.05, 3.63) is 54.3 Å². The molecule has 2 aromatic carbocycles. The molecule has 1 fully saturated rings. The average Bonchev–Trinajstić information content (AvgIpc) is 2.77. The highest BCUT2D eigenvalue weighted by Crippen LogP contribution is 2.26. The van der Waals surface area contributed by atoms with E-state index in [4.69, 9.17) is 5.11 Å². The van der Waals surface area contributed by atoms with Gasteiger partial charge in [-0.15, -0.1) is 0 Å². The number of hydrogen-bond donors (Lipinski definition) is 3. The number of amides is 2. The molecule has 0 spiro atoms. The number of carbonyl (C=O) groups is 2. The molecule has 0 unspecified atom stereocenters. The summed E-state index contributed by atoms with van der Waals surface area (Å²) in [5.74, 6) is -0.896. The predicted molar refractivity (Wildman–Crippen MR) is 112 cm³/mol. The van der Waals surface area contributed by atoms with E-state index in [9.17, 15) is 19.1 Å². The second kappa shape index (κ2) is 9.69. The summed E-state index contributed by atoms with van der Waals surface area (Å²) in [5.41, 5.74) is 2.33. The number of ketones is 1. The molecule has 0 saturated carbocycles. The number of piperazine rings is 1. The number of urea groups is 1. The first-order valence-corrected chi connectivity index (χ1v) is 9.87. The highest BCUT2D eigenvalue weighted by molar-refractivity contribution is 5.89. The normalized spacial score (nSPS) is 16.1. The van der Waals surface area contributed by atoms with Gasteiger partial charge < -0.3 is 25.3 Å². The summed E-state index contributed by atoms with van der Waals surface area (Å²) in [4.78, 5) is 27.8. The van der Waals surface area contributed by atoms with Crippen molar-refractivity contribution in [2.24, 2.45) is 0 Å². The maximum atomic E-state index is 14.0. The summed E-state index contributed by atoms with van der Waals surface area (Å²) in [6.07, 6.45) is -1.09. The van der Waals surface area contributed by atoms with E-state index in [0.717, 1.165) is 11.3 Å². The van der Waals surface area contributed by atoms with Gasteiger partial charge >= 0.3 is 6.03 Å². The van der Waals surface area contributed by atoms with Gasteiger partial charge in [0.2, 0.25) is 0 Å². The molecule has 1 saturated heterocycles. The van der Waals surface area contributed by atoms with Crippen molar-refractivity contribution in [1.29, 1.82) is 0 Å². The van der Waals surface area contributed by atoms with Gasteiger partial charge in [0, 0.05) is 37.4 Å². The molecule has 1 heterocycles. The first-order chi connectivity index (χ1) is 14.4. The van der Waals surface area contributed by atoms with Crippen LogP contribution >= 0.6 is 0 Å². The summed E-state index contributed by atoms with van der Waals surface area (Å²) in [5, 5.41) is 21.2. The molecule has 3 N–H and O–H groups in total. The van der Waals surface area contributed by atoms with E-state index in [-0.39, 0.29) is 5.82 Å². The Labute approximate surface area is 174 Å². The van der Waals surface area contributed by atoms with E-state index >= 15 is 0 Å². The lowest BCUT2D eigenvalue weighted by Gasteiger charge is -2.37. The fourth-order valence-electron chi connectivity index (χ4n) is 3.51. The molecule has 3 rings (SSSR count). The lowest BCUT2D eigenvalue weighted by atomic mass is 10.0. The van der Waals surface area contributed by atoms with Crippen molar-refractivity contribution < 1.29 is 24.2 Å². The molecule has 2 aromatic rings. The number of nitrogens with one attached hydrogen (secondary N) is 1. The fraction of sp³-hybridized carbons (Fsp3) is 0.364. The van der Waals surface area contributed by atoms with Gasteiger partial charge in [-0.05, 0) is 30.7 Å². The molecule has 8 heteroatoms. The van der Waals surface area contributed by atoms with Crippen molar-refractivity contribution in [3.8, 4) is 11.1 Å². The minimum atomic E-state index is -1.13. The Morgan fingerprint density at radius 1 is 1.07 bits per heavy atom. The molecule has 2 atom stereocenters. The number of anilines is 1. The smallest absolute Gasteiger partial charge is 0.318 e. The third kappa shape index (κ3) is 4.95. The zero-order valence-electron chi connectivity index (χ0n) is 16.8. The van der Waals surface area contributed by atoms with Crippen molar-refractivity contribution in [2.45, 2.75) is 19.1 Å². The van der Waals surface area contributed by atoms with Gasteiger partial charge in [0.05, 0.1) is 6.10 Å². The van der Waals surface area contributed by atoms with Crippen LogP contribution in [0.1, 0.15) is 6.92 Å². The fourth-order valence-corrected chi connectivity index (χ4v) is 3.51. The number of rotatable bonds is 6. The summed E-state index contributed by atoms with van der Waals surface area (Å²) < 4.78 is 14.0. The summed E-state index contributed by atoms with van der Waals surface area (Å²) in [6, 6.07) is 12.7. The van der Waals surface area contributed by atoms with Crippen LogP contribution in [-0.4, -0.2) is 71.9 Å². The van der Waals surface area contributed by atoms with Crippen LogP contribution in [0.3, 0.4) is 0 Å².